The van der Waals surface area contributed by atoms with E-state index in [9.17, 15) is 16.8 Å². The van der Waals surface area contributed by atoms with E-state index in [4.69, 9.17) is 0 Å². The molecule has 0 unspecified atom stereocenters. The van der Waals surface area contributed by atoms with Gasteiger partial charge in [0.15, 0.2) is 14.9 Å². The standard InChI is InChI=1S/C11H19N3O4S2.ClH/c1-3-6-12-7-8-14-20(17,18)10-4-5-11(13-9-10)19(2,15)16;/h4-5,9,12,14H,3,6-8H2,1-2H3;1H. The van der Waals surface area contributed by atoms with Crippen molar-refractivity contribution >= 4 is 32.3 Å². The van der Waals surface area contributed by atoms with Crippen molar-refractivity contribution in [2.45, 2.75) is 23.3 Å². The molecule has 0 atom stereocenters. The fraction of sp³-hybridized carbons (Fsp3) is 0.545. The first-order valence-corrected chi connectivity index (χ1v) is 9.51. The summed E-state index contributed by atoms with van der Waals surface area (Å²) in [5.41, 5.74) is 0. The van der Waals surface area contributed by atoms with E-state index in [1.54, 1.807) is 0 Å². The summed E-state index contributed by atoms with van der Waals surface area (Å²) in [4.78, 5) is 3.60. The van der Waals surface area contributed by atoms with Gasteiger partial charge in [-0.1, -0.05) is 6.92 Å². The Kier molecular flexibility index (Phi) is 8.34. The highest BCUT2D eigenvalue weighted by atomic mass is 35.5. The number of hydrogen-bond donors (Lipinski definition) is 2. The topological polar surface area (TPSA) is 105 Å². The van der Waals surface area contributed by atoms with Crippen LogP contribution < -0.4 is 10.0 Å². The van der Waals surface area contributed by atoms with Crippen LogP contribution in [0.2, 0.25) is 0 Å². The van der Waals surface area contributed by atoms with Gasteiger partial charge in [-0.25, -0.2) is 26.5 Å². The van der Waals surface area contributed by atoms with E-state index in [-0.39, 0.29) is 28.9 Å². The number of hydrogen-bond acceptors (Lipinski definition) is 6. The van der Waals surface area contributed by atoms with Crippen LogP contribution in [0, 0.1) is 0 Å². The van der Waals surface area contributed by atoms with E-state index in [0.717, 1.165) is 25.4 Å². The van der Waals surface area contributed by atoms with Crippen molar-refractivity contribution in [1.82, 2.24) is 15.0 Å². The predicted molar refractivity (Wildman–Crippen MR) is 82.9 cm³/mol. The van der Waals surface area contributed by atoms with Gasteiger partial charge in [-0.2, -0.15) is 0 Å². The second-order valence-corrected chi connectivity index (χ2v) is 7.98. The lowest BCUT2D eigenvalue weighted by Crippen LogP contribution is -2.32. The summed E-state index contributed by atoms with van der Waals surface area (Å²) in [6.45, 7) is 3.64. The minimum atomic E-state index is -3.66. The highest BCUT2D eigenvalue weighted by Crippen LogP contribution is 2.10. The Hall–Kier alpha value is -0.740. The summed E-state index contributed by atoms with van der Waals surface area (Å²) < 4.78 is 48.7. The molecule has 1 aromatic heterocycles. The Balaban J connectivity index is 0.00000400. The number of sulfone groups is 1. The van der Waals surface area contributed by atoms with Gasteiger partial charge in [-0.15, -0.1) is 12.4 Å². The molecule has 0 saturated heterocycles. The molecule has 0 aromatic carbocycles. The second-order valence-electron chi connectivity index (χ2n) is 4.25. The van der Waals surface area contributed by atoms with Crippen molar-refractivity contribution in [3.05, 3.63) is 18.3 Å². The molecule has 0 bridgehead atoms. The van der Waals surface area contributed by atoms with E-state index >= 15 is 0 Å². The first kappa shape index (κ1) is 20.3. The third kappa shape index (κ3) is 6.70. The van der Waals surface area contributed by atoms with E-state index in [1.807, 2.05) is 6.92 Å². The summed E-state index contributed by atoms with van der Waals surface area (Å²) in [7, 11) is -7.09. The number of rotatable bonds is 8. The van der Waals surface area contributed by atoms with E-state index < -0.39 is 19.9 Å². The molecule has 7 nitrogen and oxygen atoms in total. The van der Waals surface area contributed by atoms with Crippen LogP contribution in [0.1, 0.15) is 13.3 Å². The van der Waals surface area contributed by atoms with Gasteiger partial charge in [0.25, 0.3) is 0 Å². The Bertz CT molecular complexity index is 630. The Morgan fingerprint density at radius 2 is 1.76 bits per heavy atom. The average Bonchev–Trinajstić information content (AvgIpc) is 2.37. The maximum absolute atomic E-state index is 11.9. The van der Waals surface area contributed by atoms with Crippen LogP contribution in [0.3, 0.4) is 0 Å². The van der Waals surface area contributed by atoms with Gasteiger partial charge in [-0.3, -0.25) is 0 Å². The van der Waals surface area contributed by atoms with Crippen molar-refractivity contribution in [2.75, 3.05) is 25.9 Å². The number of sulfonamides is 1. The van der Waals surface area contributed by atoms with Gasteiger partial charge in [0.05, 0.1) is 0 Å². The molecule has 0 aliphatic rings. The molecule has 0 spiro atoms. The molecule has 0 amide bonds. The van der Waals surface area contributed by atoms with Crippen molar-refractivity contribution in [1.29, 1.82) is 0 Å². The summed E-state index contributed by atoms with van der Waals surface area (Å²) in [6.07, 6.45) is 3.03. The summed E-state index contributed by atoms with van der Waals surface area (Å²) >= 11 is 0. The Labute approximate surface area is 131 Å². The molecule has 0 aliphatic carbocycles. The molecule has 2 N–H and O–H groups in total. The van der Waals surface area contributed by atoms with E-state index in [1.165, 1.54) is 12.1 Å². The molecule has 0 aliphatic heterocycles. The van der Waals surface area contributed by atoms with Crippen molar-refractivity contribution < 1.29 is 16.8 Å². The zero-order valence-corrected chi connectivity index (χ0v) is 14.3. The molecule has 10 heteroatoms. The Morgan fingerprint density at radius 1 is 1.10 bits per heavy atom. The number of nitrogens with one attached hydrogen (secondary N) is 2. The first-order valence-electron chi connectivity index (χ1n) is 6.14. The number of nitrogens with zero attached hydrogens (tertiary/aromatic N) is 1. The lowest BCUT2D eigenvalue weighted by Gasteiger charge is -2.07. The predicted octanol–water partition coefficient (Wildman–Crippen LogP) is 0.185. The van der Waals surface area contributed by atoms with Crippen LogP contribution in [0.4, 0.5) is 0 Å². The maximum atomic E-state index is 11.9. The highest BCUT2D eigenvalue weighted by molar-refractivity contribution is 7.90. The molecule has 0 radical (unpaired) electrons. The zero-order valence-electron chi connectivity index (χ0n) is 11.9. The molecule has 1 rings (SSSR count). The molecule has 0 fully saturated rings. The van der Waals surface area contributed by atoms with Crippen LogP contribution in [0.5, 0.6) is 0 Å². The number of pyridine rings is 1. The summed E-state index contributed by atoms with van der Waals surface area (Å²) in [5, 5.41) is 2.91. The van der Waals surface area contributed by atoms with Crippen LogP contribution in [-0.2, 0) is 19.9 Å². The van der Waals surface area contributed by atoms with Crippen LogP contribution in [0.15, 0.2) is 28.3 Å². The van der Waals surface area contributed by atoms with Crippen LogP contribution in [0.25, 0.3) is 0 Å². The fourth-order valence-corrected chi connectivity index (χ4v) is 2.94. The van der Waals surface area contributed by atoms with Crippen molar-refractivity contribution in [3.8, 4) is 0 Å². The van der Waals surface area contributed by atoms with Gasteiger partial charge >= 0.3 is 0 Å². The molecular weight excluding hydrogens is 338 g/mol. The van der Waals surface area contributed by atoms with E-state index in [2.05, 4.69) is 15.0 Å². The number of aromatic nitrogens is 1. The minimum absolute atomic E-state index is 0. The summed E-state index contributed by atoms with van der Waals surface area (Å²) in [6, 6.07) is 2.41. The molecule has 122 valence electrons. The van der Waals surface area contributed by atoms with Gasteiger partial charge in [0, 0.05) is 25.5 Å². The molecule has 21 heavy (non-hydrogen) atoms. The quantitative estimate of drug-likeness (QED) is 0.643. The van der Waals surface area contributed by atoms with Gasteiger partial charge in [-0.05, 0) is 25.1 Å². The molecular formula is C11H20ClN3O4S2. The highest BCUT2D eigenvalue weighted by Gasteiger charge is 2.15. The van der Waals surface area contributed by atoms with Gasteiger partial charge in [0.2, 0.25) is 10.0 Å². The lowest BCUT2D eigenvalue weighted by atomic mass is 10.5. The molecule has 1 aromatic rings. The smallest absolute Gasteiger partial charge is 0.242 e. The Morgan fingerprint density at radius 3 is 2.24 bits per heavy atom. The van der Waals surface area contributed by atoms with E-state index in [0.29, 0.717) is 6.54 Å². The third-order valence-electron chi connectivity index (χ3n) is 2.42. The molecule has 1 heterocycles. The lowest BCUT2D eigenvalue weighted by molar-refractivity contribution is 0.574. The second kappa shape index (κ2) is 8.64. The third-order valence-corrected chi connectivity index (χ3v) is 4.87. The first-order chi connectivity index (χ1) is 9.27. The maximum Gasteiger partial charge on any atom is 0.242 e. The largest absolute Gasteiger partial charge is 0.315 e. The minimum Gasteiger partial charge on any atom is -0.315 e. The fourth-order valence-electron chi connectivity index (χ4n) is 1.40. The monoisotopic (exact) mass is 357 g/mol. The van der Waals surface area contributed by atoms with Gasteiger partial charge in [0.1, 0.15) is 4.90 Å². The van der Waals surface area contributed by atoms with Gasteiger partial charge < -0.3 is 5.32 Å². The zero-order chi connectivity index (χ0) is 15.2. The SMILES string of the molecule is CCCNCCNS(=O)(=O)c1ccc(S(C)(=O)=O)nc1.Cl. The van der Waals surface area contributed by atoms with Crippen LogP contribution >= 0.6 is 12.4 Å². The molecule has 0 saturated carbocycles. The number of halogens is 1. The average molecular weight is 358 g/mol. The van der Waals surface area contributed by atoms with Crippen LogP contribution in [-0.4, -0.2) is 47.7 Å². The normalized spacial score (nSPS) is 11.9. The van der Waals surface area contributed by atoms with Crippen molar-refractivity contribution in [2.24, 2.45) is 0 Å². The van der Waals surface area contributed by atoms with Crippen molar-refractivity contribution in [3.63, 3.8) is 0 Å². The summed E-state index contributed by atoms with van der Waals surface area (Å²) in [5.74, 6) is 0.